The molecule has 0 radical (unpaired) electrons. The number of carbonyl (C=O) groups excluding carboxylic acids is 2. The van der Waals surface area contributed by atoms with E-state index in [0.717, 1.165) is 10.4 Å². The molecule has 2 aromatic carbocycles. The Morgan fingerprint density at radius 1 is 1.00 bits per heavy atom. The van der Waals surface area contributed by atoms with Gasteiger partial charge in [0.1, 0.15) is 5.82 Å². The summed E-state index contributed by atoms with van der Waals surface area (Å²) in [4.78, 5) is 25.2. The Kier molecular flexibility index (Phi) is 6.33. The van der Waals surface area contributed by atoms with Crippen molar-refractivity contribution in [2.24, 2.45) is 0 Å². The number of esters is 1. The number of thiophene rings is 1. The molecule has 0 fully saturated rings. The zero-order chi connectivity index (χ0) is 19.1. The zero-order valence-corrected chi connectivity index (χ0v) is 15.2. The van der Waals surface area contributed by atoms with E-state index in [9.17, 15) is 14.0 Å². The van der Waals surface area contributed by atoms with Crippen molar-refractivity contribution >= 4 is 23.2 Å². The number of rotatable bonds is 7. The summed E-state index contributed by atoms with van der Waals surface area (Å²) in [7, 11) is 0. The van der Waals surface area contributed by atoms with Gasteiger partial charge in [0.15, 0.2) is 6.61 Å². The molecule has 1 amide bonds. The average Bonchev–Trinajstić information content (AvgIpc) is 3.21. The highest BCUT2D eigenvalue weighted by Gasteiger charge is 2.18. The highest BCUT2D eigenvalue weighted by atomic mass is 32.1. The van der Waals surface area contributed by atoms with Gasteiger partial charge in [0.25, 0.3) is 5.91 Å². The highest BCUT2D eigenvalue weighted by molar-refractivity contribution is 7.10. The summed E-state index contributed by atoms with van der Waals surface area (Å²) in [6, 6.07) is 18.8. The van der Waals surface area contributed by atoms with Crippen molar-refractivity contribution in [2.45, 2.75) is 12.5 Å². The van der Waals surface area contributed by atoms with Crippen LogP contribution < -0.4 is 5.32 Å². The maximum absolute atomic E-state index is 12.9. The normalized spacial score (nSPS) is 11.6. The van der Waals surface area contributed by atoms with Crippen LogP contribution in [0.4, 0.5) is 4.39 Å². The van der Waals surface area contributed by atoms with Crippen molar-refractivity contribution in [3.8, 4) is 0 Å². The van der Waals surface area contributed by atoms with E-state index in [0.29, 0.717) is 5.56 Å². The Hall–Kier alpha value is -2.99. The quantitative estimate of drug-likeness (QED) is 0.630. The van der Waals surface area contributed by atoms with Crippen LogP contribution in [0, 0.1) is 5.82 Å². The van der Waals surface area contributed by atoms with Crippen LogP contribution in [0.15, 0.2) is 72.1 Å². The molecular weight excluding hydrogens is 365 g/mol. The molecule has 0 spiro atoms. The number of halogens is 1. The fourth-order valence-corrected chi connectivity index (χ4v) is 3.39. The van der Waals surface area contributed by atoms with E-state index in [1.807, 2.05) is 47.8 Å². The standard InChI is InChI=1S/C21H18FNO3S/c22-17-10-8-15(9-11-17)13-20(25)26-14-19(24)23-21(18-7-4-12-27-18)16-5-2-1-3-6-16/h1-12,21H,13-14H2,(H,23,24)/t21-/m0/s1. The lowest BCUT2D eigenvalue weighted by Crippen LogP contribution is -2.32. The van der Waals surface area contributed by atoms with Crippen molar-refractivity contribution in [2.75, 3.05) is 6.61 Å². The molecule has 0 saturated heterocycles. The van der Waals surface area contributed by atoms with E-state index in [4.69, 9.17) is 4.74 Å². The van der Waals surface area contributed by atoms with Crippen molar-refractivity contribution in [1.82, 2.24) is 5.32 Å². The molecule has 138 valence electrons. The molecule has 0 bridgehead atoms. The topological polar surface area (TPSA) is 55.4 Å². The van der Waals surface area contributed by atoms with Crippen LogP contribution in [0.2, 0.25) is 0 Å². The minimum atomic E-state index is -0.538. The minimum absolute atomic E-state index is 0.0133. The third-order valence-corrected chi connectivity index (χ3v) is 4.83. The van der Waals surface area contributed by atoms with Crippen molar-refractivity contribution in [1.29, 1.82) is 0 Å². The fraction of sp³-hybridized carbons (Fsp3) is 0.143. The van der Waals surface area contributed by atoms with E-state index in [2.05, 4.69) is 5.32 Å². The first-order valence-corrected chi connectivity index (χ1v) is 9.27. The maximum atomic E-state index is 12.9. The number of hydrogen-bond donors (Lipinski definition) is 1. The SMILES string of the molecule is O=C(COC(=O)Cc1ccc(F)cc1)N[C@@H](c1ccccc1)c1cccs1. The second kappa shape index (κ2) is 9.09. The molecule has 0 aliphatic rings. The molecule has 0 unspecified atom stereocenters. The Labute approximate surface area is 160 Å². The number of amides is 1. The lowest BCUT2D eigenvalue weighted by atomic mass is 10.1. The number of hydrogen-bond acceptors (Lipinski definition) is 4. The molecule has 1 heterocycles. The lowest BCUT2D eigenvalue weighted by molar-refractivity contribution is -0.148. The summed E-state index contributed by atoms with van der Waals surface area (Å²) in [5.41, 5.74) is 1.58. The summed E-state index contributed by atoms with van der Waals surface area (Å²) in [5.74, 6) is -1.29. The molecule has 3 aromatic rings. The molecular formula is C21H18FNO3S. The molecule has 0 aliphatic heterocycles. The molecule has 1 N–H and O–H groups in total. The molecule has 4 nitrogen and oxygen atoms in total. The Bertz CT molecular complexity index is 880. The van der Waals surface area contributed by atoms with Gasteiger partial charge in [0.2, 0.25) is 0 Å². The largest absolute Gasteiger partial charge is 0.455 e. The predicted octanol–water partition coefficient (Wildman–Crippen LogP) is 3.88. The Morgan fingerprint density at radius 2 is 1.74 bits per heavy atom. The van der Waals surface area contributed by atoms with Gasteiger partial charge in [-0.05, 0) is 34.7 Å². The first kappa shape index (κ1) is 18.8. The molecule has 27 heavy (non-hydrogen) atoms. The second-order valence-electron chi connectivity index (χ2n) is 5.89. The summed E-state index contributed by atoms with van der Waals surface area (Å²) in [6.45, 7) is -0.366. The molecule has 3 rings (SSSR count). The van der Waals surface area contributed by atoms with Gasteiger partial charge in [-0.25, -0.2) is 4.39 Å². The van der Waals surface area contributed by atoms with Crippen molar-refractivity contribution in [3.05, 3.63) is 93.9 Å². The van der Waals surface area contributed by atoms with Gasteiger partial charge in [0.05, 0.1) is 12.5 Å². The van der Waals surface area contributed by atoms with E-state index < -0.39 is 5.97 Å². The average molecular weight is 383 g/mol. The maximum Gasteiger partial charge on any atom is 0.310 e. The van der Waals surface area contributed by atoms with E-state index in [1.165, 1.54) is 24.3 Å². The van der Waals surface area contributed by atoms with Crippen LogP contribution in [-0.2, 0) is 20.7 Å². The van der Waals surface area contributed by atoms with Gasteiger partial charge in [-0.3, -0.25) is 9.59 Å². The first-order chi connectivity index (χ1) is 13.1. The third kappa shape index (κ3) is 5.49. The van der Waals surface area contributed by atoms with Gasteiger partial charge in [-0.2, -0.15) is 0 Å². The molecule has 1 aromatic heterocycles. The number of ether oxygens (including phenoxy) is 1. The lowest BCUT2D eigenvalue weighted by Gasteiger charge is -2.18. The summed E-state index contributed by atoms with van der Waals surface area (Å²) in [6.07, 6.45) is -0.0133. The van der Waals surface area contributed by atoms with Gasteiger partial charge in [-0.15, -0.1) is 11.3 Å². The third-order valence-electron chi connectivity index (χ3n) is 3.89. The van der Waals surface area contributed by atoms with Crippen molar-refractivity contribution in [3.63, 3.8) is 0 Å². The number of nitrogens with one attached hydrogen (secondary N) is 1. The van der Waals surface area contributed by atoms with Gasteiger partial charge in [-0.1, -0.05) is 48.5 Å². The van der Waals surface area contributed by atoms with E-state index >= 15 is 0 Å². The van der Waals surface area contributed by atoms with Gasteiger partial charge in [0, 0.05) is 4.88 Å². The molecule has 1 atom stereocenters. The second-order valence-corrected chi connectivity index (χ2v) is 6.87. The first-order valence-electron chi connectivity index (χ1n) is 8.39. The smallest absolute Gasteiger partial charge is 0.310 e. The highest BCUT2D eigenvalue weighted by Crippen LogP contribution is 2.25. The fourth-order valence-electron chi connectivity index (χ4n) is 2.59. The van der Waals surface area contributed by atoms with Crippen LogP contribution >= 0.6 is 11.3 Å². The number of benzene rings is 2. The van der Waals surface area contributed by atoms with Crippen LogP contribution in [0.5, 0.6) is 0 Å². The Morgan fingerprint density at radius 3 is 2.41 bits per heavy atom. The van der Waals surface area contributed by atoms with E-state index in [1.54, 1.807) is 11.3 Å². The van der Waals surface area contributed by atoms with Crippen molar-refractivity contribution < 1.29 is 18.7 Å². The van der Waals surface area contributed by atoms with Crippen LogP contribution in [-0.4, -0.2) is 18.5 Å². The molecule has 6 heteroatoms. The summed E-state index contributed by atoms with van der Waals surface area (Å²) in [5, 5.41) is 4.85. The zero-order valence-electron chi connectivity index (χ0n) is 14.4. The van der Waals surface area contributed by atoms with Crippen LogP contribution in [0.25, 0.3) is 0 Å². The monoisotopic (exact) mass is 383 g/mol. The van der Waals surface area contributed by atoms with Gasteiger partial charge >= 0.3 is 5.97 Å². The predicted molar refractivity (Wildman–Crippen MR) is 102 cm³/mol. The molecule has 0 saturated carbocycles. The minimum Gasteiger partial charge on any atom is -0.455 e. The van der Waals surface area contributed by atoms with Crippen LogP contribution in [0.1, 0.15) is 22.0 Å². The van der Waals surface area contributed by atoms with Gasteiger partial charge < -0.3 is 10.1 Å². The number of carbonyl (C=O) groups is 2. The molecule has 0 aliphatic carbocycles. The van der Waals surface area contributed by atoms with E-state index in [-0.39, 0.29) is 30.8 Å². The van der Waals surface area contributed by atoms with Crippen LogP contribution in [0.3, 0.4) is 0 Å². The summed E-state index contributed by atoms with van der Waals surface area (Å²) >= 11 is 1.54. The Balaban J connectivity index is 1.56. The summed E-state index contributed by atoms with van der Waals surface area (Å²) < 4.78 is 17.9.